The van der Waals surface area contributed by atoms with Crippen LogP contribution in [-0.4, -0.2) is 22.9 Å². The number of Topliss-reactive ketones (excluding diaryl/α,β-unsaturated/α-hetero) is 1. The van der Waals surface area contributed by atoms with Crippen LogP contribution >= 0.6 is 11.6 Å². The maximum absolute atomic E-state index is 11.6. The molecule has 2 rings (SSSR count). The van der Waals surface area contributed by atoms with Crippen LogP contribution in [0.2, 0.25) is 0 Å². The highest BCUT2D eigenvalue weighted by atomic mass is 35.5. The van der Waals surface area contributed by atoms with Gasteiger partial charge in [-0.3, -0.25) is 4.79 Å². The number of halogens is 1. The molecule has 0 bridgehead atoms. The second kappa shape index (κ2) is 4.19. The molecular formula is C11H17ClO2. The van der Waals surface area contributed by atoms with Crippen LogP contribution in [0.5, 0.6) is 0 Å². The zero-order valence-corrected chi connectivity index (χ0v) is 9.04. The smallest absolute Gasteiger partial charge is 0.150 e. The Morgan fingerprint density at radius 3 is 2.71 bits per heavy atom. The Morgan fingerprint density at radius 1 is 1.29 bits per heavy atom. The first-order valence-corrected chi connectivity index (χ1v) is 6.02. The molecule has 80 valence electrons. The van der Waals surface area contributed by atoms with E-state index in [9.17, 15) is 9.90 Å². The average Bonchev–Trinajstić information content (AvgIpc) is 2.59. The van der Waals surface area contributed by atoms with E-state index < -0.39 is 0 Å². The fraction of sp³-hybridized carbons (Fsp3) is 0.909. The minimum Gasteiger partial charge on any atom is -0.393 e. The van der Waals surface area contributed by atoms with Gasteiger partial charge in [-0.15, -0.1) is 11.6 Å². The summed E-state index contributed by atoms with van der Waals surface area (Å²) in [6, 6.07) is 0. The van der Waals surface area contributed by atoms with E-state index in [0.717, 1.165) is 32.1 Å². The summed E-state index contributed by atoms with van der Waals surface area (Å²) in [4.78, 5) is 11.6. The molecule has 0 aromatic heterocycles. The van der Waals surface area contributed by atoms with E-state index in [1.165, 1.54) is 0 Å². The molecule has 14 heavy (non-hydrogen) atoms. The summed E-state index contributed by atoms with van der Waals surface area (Å²) >= 11 is 5.59. The van der Waals surface area contributed by atoms with E-state index in [0.29, 0.717) is 11.8 Å². The highest BCUT2D eigenvalue weighted by Gasteiger charge is 2.42. The van der Waals surface area contributed by atoms with Crippen LogP contribution < -0.4 is 0 Å². The van der Waals surface area contributed by atoms with Gasteiger partial charge in [-0.05, 0) is 43.9 Å². The number of ketones is 1. The molecule has 2 saturated carbocycles. The summed E-state index contributed by atoms with van der Waals surface area (Å²) in [6.45, 7) is 0. The summed E-state index contributed by atoms with van der Waals surface area (Å²) in [5, 5.41) is 9.58. The normalized spacial score (nSPS) is 42.1. The molecule has 2 nitrogen and oxygen atoms in total. The Balaban J connectivity index is 2.04. The van der Waals surface area contributed by atoms with Gasteiger partial charge in [0.05, 0.1) is 12.0 Å². The van der Waals surface area contributed by atoms with Crippen LogP contribution in [0.25, 0.3) is 0 Å². The van der Waals surface area contributed by atoms with Crippen LogP contribution in [0.1, 0.15) is 32.1 Å². The summed E-state index contributed by atoms with van der Waals surface area (Å²) in [7, 11) is 0. The standard InChI is InChI=1S/C11H17ClO2/c12-6-11(14)9-4-2-7-1-3-8(13)5-10(7)9/h7-10,13H,1-6H2. The van der Waals surface area contributed by atoms with Crippen LogP contribution in [0.4, 0.5) is 0 Å². The van der Waals surface area contributed by atoms with E-state index in [-0.39, 0.29) is 23.7 Å². The van der Waals surface area contributed by atoms with E-state index >= 15 is 0 Å². The van der Waals surface area contributed by atoms with E-state index in [2.05, 4.69) is 0 Å². The van der Waals surface area contributed by atoms with Crippen LogP contribution in [0, 0.1) is 17.8 Å². The molecule has 2 fully saturated rings. The predicted octanol–water partition coefficient (Wildman–Crippen LogP) is 1.98. The molecule has 0 aromatic carbocycles. The van der Waals surface area contributed by atoms with Gasteiger partial charge >= 0.3 is 0 Å². The number of rotatable bonds is 2. The Labute approximate surface area is 89.6 Å². The SMILES string of the molecule is O=C(CCl)C1CCC2CCC(O)CC21. The molecular weight excluding hydrogens is 200 g/mol. The van der Waals surface area contributed by atoms with Crippen molar-refractivity contribution >= 4 is 17.4 Å². The van der Waals surface area contributed by atoms with Gasteiger partial charge in [0.1, 0.15) is 0 Å². The Bertz CT molecular complexity index is 229. The molecule has 2 aliphatic carbocycles. The second-order valence-corrected chi connectivity index (χ2v) is 4.94. The molecule has 4 unspecified atom stereocenters. The van der Waals surface area contributed by atoms with Crippen LogP contribution in [-0.2, 0) is 4.79 Å². The zero-order valence-electron chi connectivity index (χ0n) is 8.29. The molecule has 0 radical (unpaired) electrons. The number of carbonyl (C=O) groups is 1. The lowest BCUT2D eigenvalue weighted by Gasteiger charge is -2.31. The number of hydrogen-bond acceptors (Lipinski definition) is 2. The maximum Gasteiger partial charge on any atom is 0.150 e. The number of aliphatic hydroxyl groups is 1. The first kappa shape index (κ1) is 10.4. The van der Waals surface area contributed by atoms with Gasteiger partial charge in [-0.2, -0.15) is 0 Å². The molecule has 0 amide bonds. The minimum absolute atomic E-state index is 0.143. The zero-order chi connectivity index (χ0) is 10.1. The molecule has 0 saturated heterocycles. The number of carbonyl (C=O) groups excluding carboxylic acids is 1. The number of hydrogen-bond donors (Lipinski definition) is 1. The van der Waals surface area contributed by atoms with Crippen molar-refractivity contribution in [3.8, 4) is 0 Å². The maximum atomic E-state index is 11.6. The Hall–Kier alpha value is -0.0800. The van der Waals surface area contributed by atoms with Gasteiger partial charge in [-0.25, -0.2) is 0 Å². The third-order valence-corrected chi connectivity index (χ3v) is 4.19. The van der Waals surface area contributed by atoms with Gasteiger partial charge in [0.2, 0.25) is 0 Å². The first-order chi connectivity index (χ1) is 6.72. The van der Waals surface area contributed by atoms with Gasteiger partial charge in [0, 0.05) is 5.92 Å². The van der Waals surface area contributed by atoms with Gasteiger partial charge < -0.3 is 5.11 Å². The van der Waals surface area contributed by atoms with E-state index in [4.69, 9.17) is 11.6 Å². The van der Waals surface area contributed by atoms with Crippen molar-refractivity contribution in [3.63, 3.8) is 0 Å². The Morgan fingerprint density at radius 2 is 2.00 bits per heavy atom. The highest BCUT2D eigenvalue weighted by molar-refractivity contribution is 6.27. The third-order valence-electron chi connectivity index (χ3n) is 3.93. The topological polar surface area (TPSA) is 37.3 Å². The molecule has 0 aliphatic heterocycles. The van der Waals surface area contributed by atoms with Gasteiger partial charge in [0.25, 0.3) is 0 Å². The quantitative estimate of drug-likeness (QED) is 0.717. The van der Waals surface area contributed by atoms with Crippen molar-refractivity contribution in [3.05, 3.63) is 0 Å². The average molecular weight is 217 g/mol. The number of alkyl halides is 1. The fourth-order valence-electron chi connectivity index (χ4n) is 3.20. The lowest BCUT2D eigenvalue weighted by molar-refractivity contribution is -0.122. The minimum atomic E-state index is -0.181. The summed E-state index contributed by atoms with van der Waals surface area (Å²) in [5.41, 5.74) is 0. The molecule has 2 aliphatic rings. The summed E-state index contributed by atoms with van der Waals surface area (Å²) < 4.78 is 0. The number of fused-ring (bicyclic) bond motifs is 1. The van der Waals surface area contributed by atoms with Crippen LogP contribution in [0.3, 0.4) is 0 Å². The van der Waals surface area contributed by atoms with Crippen molar-refractivity contribution in [1.82, 2.24) is 0 Å². The molecule has 0 heterocycles. The first-order valence-electron chi connectivity index (χ1n) is 5.49. The molecule has 0 aromatic rings. The van der Waals surface area contributed by atoms with E-state index in [1.54, 1.807) is 0 Å². The highest BCUT2D eigenvalue weighted by Crippen LogP contribution is 2.46. The fourth-order valence-corrected chi connectivity index (χ4v) is 3.40. The van der Waals surface area contributed by atoms with Crippen molar-refractivity contribution in [2.45, 2.75) is 38.2 Å². The number of aliphatic hydroxyl groups excluding tert-OH is 1. The molecule has 0 spiro atoms. The van der Waals surface area contributed by atoms with Crippen molar-refractivity contribution in [1.29, 1.82) is 0 Å². The Kier molecular flexibility index (Phi) is 3.13. The van der Waals surface area contributed by atoms with Crippen molar-refractivity contribution < 1.29 is 9.90 Å². The largest absolute Gasteiger partial charge is 0.393 e. The van der Waals surface area contributed by atoms with Crippen LogP contribution in [0.15, 0.2) is 0 Å². The predicted molar refractivity (Wildman–Crippen MR) is 55.3 cm³/mol. The summed E-state index contributed by atoms with van der Waals surface area (Å²) in [6.07, 6.45) is 4.80. The third kappa shape index (κ3) is 1.82. The lowest BCUT2D eigenvalue weighted by Crippen LogP contribution is -2.31. The van der Waals surface area contributed by atoms with Crippen molar-refractivity contribution in [2.75, 3.05) is 5.88 Å². The van der Waals surface area contributed by atoms with Gasteiger partial charge in [0.15, 0.2) is 5.78 Å². The molecule has 1 N–H and O–H groups in total. The van der Waals surface area contributed by atoms with Gasteiger partial charge in [-0.1, -0.05) is 0 Å². The van der Waals surface area contributed by atoms with Crippen molar-refractivity contribution in [2.24, 2.45) is 17.8 Å². The molecule has 4 atom stereocenters. The second-order valence-electron chi connectivity index (χ2n) is 4.67. The molecule has 3 heteroatoms. The monoisotopic (exact) mass is 216 g/mol. The van der Waals surface area contributed by atoms with E-state index in [1.807, 2.05) is 0 Å². The lowest BCUT2D eigenvalue weighted by atomic mass is 9.76. The summed E-state index contributed by atoms with van der Waals surface area (Å²) in [5.74, 6) is 1.57.